The van der Waals surface area contributed by atoms with E-state index < -0.39 is 11.7 Å². The van der Waals surface area contributed by atoms with Crippen LogP contribution in [0.4, 0.5) is 22.1 Å². The fourth-order valence-electron chi connectivity index (χ4n) is 3.23. The van der Waals surface area contributed by atoms with E-state index in [1.807, 2.05) is 39.8 Å². The summed E-state index contributed by atoms with van der Waals surface area (Å²) in [7, 11) is 0. The molecule has 0 spiro atoms. The van der Waals surface area contributed by atoms with Gasteiger partial charge >= 0.3 is 6.09 Å². The van der Waals surface area contributed by atoms with E-state index in [0.717, 1.165) is 17.7 Å². The number of nitrogen functional groups attached to an aromatic ring is 2. The highest BCUT2D eigenvalue weighted by Gasteiger charge is 2.33. The molecular formula is C21H29ClN6O2S. The van der Waals surface area contributed by atoms with Gasteiger partial charge in [-0.2, -0.15) is 0 Å². The molecule has 8 nitrogen and oxygen atoms in total. The lowest BCUT2D eigenvalue weighted by Gasteiger charge is -2.40. The largest absolute Gasteiger partial charge is 0.444 e. The third-order valence-electron chi connectivity index (χ3n) is 4.94. The van der Waals surface area contributed by atoms with Crippen molar-refractivity contribution in [1.29, 1.82) is 0 Å². The first-order chi connectivity index (χ1) is 14.5. The number of nitrogens with zero attached hydrogens (tertiary/aromatic N) is 3. The van der Waals surface area contributed by atoms with Crippen molar-refractivity contribution in [1.82, 2.24) is 15.3 Å². The molecule has 1 amide bonds. The maximum atomic E-state index is 12.2. The molecule has 168 valence electrons. The van der Waals surface area contributed by atoms with Crippen LogP contribution in [-0.4, -0.2) is 40.3 Å². The molecule has 0 bridgehead atoms. The summed E-state index contributed by atoms with van der Waals surface area (Å²) in [5.74, 6) is 1.04. The fourth-order valence-corrected chi connectivity index (χ4v) is 4.29. The number of hydrogen-bond donors (Lipinski definition) is 3. The van der Waals surface area contributed by atoms with Gasteiger partial charge in [-0.1, -0.05) is 29.4 Å². The predicted octanol–water partition coefficient (Wildman–Crippen LogP) is 4.33. The minimum atomic E-state index is -0.524. The van der Waals surface area contributed by atoms with E-state index in [0.29, 0.717) is 40.5 Å². The molecule has 1 aliphatic heterocycles. The lowest BCUT2D eigenvalue weighted by molar-refractivity contribution is 0.0448. The van der Waals surface area contributed by atoms with E-state index >= 15 is 0 Å². The summed E-state index contributed by atoms with van der Waals surface area (Å²) in [6.45, 7) is 9.01. The quantitative estimate of drug-likeness (QED) is 0.572. The fraction of sp³-hybridized carbons (Fsp3) is 0.476. The molecule has 3 rings (SSSR count). The van der Waals surface area contributed by atoms with Crippen molar-refractivity contribution < 1.29 is 9.53 Å². The summed E-state index contributed by atoms with van der Waals surface area (Å²) in [5, 5.41) is 4.06. The average Bonchev–Trinajstić information content (AvgIpc) is 2.65. The molecule has 0 aliphatic carbocycles. The minimum Gasteiger partial charge on any atom is -0.444 e. The molecule has 2 aromatic rings. The Morgan fingerprint density at radius 1 is 1.29 bits per heavy atom. The Labute approximate surface area is 192 Å². The van der Waals surface area contributed by atoms with E-state index in [1.54, 1.807) is 12.3 Å². The van der Waals surface area contributed by atoms with Crippen LogP contribution in [0.1, 0.15) is 40.5 Å². The van der Waals surface area contributed by atoms with Gasteiger partial charge in [0.15, 0.2) is 5.82 Å². The average molecular weight is 465 g/mol. The van der Waals surface area contributed by atoms with Gasteiger partial charge in [0.25, 0.3) is 0 Å². The predicted molar refractivity (Wildman–Crippen MR) is 126 cm³/mol. The summed E-state index contributed by atoms with van der Waals surface area (Å²) in [6, 6.07) is 5.44. The molecule has 1 aromatic carbocycles. The Hall–Kier alpha value is -2.39. The number of ether oxygens (including phenoxy) is 1. The smallest absolute Gasteiger partial charge is 0.408 e. The molecule has 1 aromatic heterocycles. The highest BCUT2D eigenvalue weighted by molar-refractivity contribution is 7.99. The van der Waals surface area contributed by atoms with Gasteiger partial charge in [-0.05, 0) is 52.7 Å². The lowest BCUT2D eigenvalue weighted by Crippen LogP contribution is -2.54. The number of piperidine rings is 1. The van der Waals surface area contributed by atoms with Crippen LogP contribution >= 0.6 is 23.4 Å². The number of nitrogens with one attached hydrogen (secondary N) is 1. The third-order valence-corrected chi connectivity index (χ3v) is 6.55. The third kappa shape index (κ3) is 6.07. The molecular weight excluding hydrogens is 436 g/mol. The zero-order valence-electron chi connectivity index (χ0n) is 18.2. The lowest BCUT2D eigenvalue weighted by atomic mass is 9.90. The maximum absolute atomic E-state index is 12.2. The van der Waals surface area contributed by atoms with Gasteiger partial charge in [0.1, 0.15) is 16.4 Å². The second kappa shape index (κ2) is 9.00. The molecule has 2 heterocycles. The molecule has 5 N–H and O–H groups in total. The number of anilines is 3. The van der Waals surface area contributed by atoms with Crippen molar-refractivity contribution in [2.45, 2.75) is 61.6 Å². The van der Waals surface area contributed by atoms with Crippen LogP contribution in [0.2, 0.25) is 5.02 Å². The summed E-state index contributed by atoms with van der Waals surface area (Å²) >= 11 is 7.60. The maximum Gasteiger partial charge on any atom is 0.408 e. The topological polar surface area (TPSA) is 119 Å². The van der Waals surface area contributed by atoms with Crippen LogP contribution in [0.5, 0.6) is 0 Å². The van der Waals surface area contributed by atoms with Gasteiger partial charge in [0.05, 0.1) is 16.9 Å². The van der Waals surface area contributed by atoms with E-state index in [1.165, 1.54) is 11.8 Å². The number of nitrogens with two attached hydrogens (primary N) is 2. The highest BCUT2D eigenvalue weighted by Crippen LogP contribution is 2.37. The molecule has 0 radical (unpaired) electrons. The Morgan fingerprint density at radius 3 is 2.58 bits per heavy atom. The number of halogens is 1. The van der Waals surface area contributed by atoms with Crippen LogP contribution in [0.25, 0.3) is 0 Å². The van der Waals surface area contributed by atoms with Gasteiger partial charge in [0.2, 0.25) is 0 Å². The Bertz CT molecular complexity index is 957. The van der Waals surface area contributed by atoms with E-state index in [-0.39, 0.29) is 5.54 Å². The van der Waals surface area contributed by atoms with Gasteiger partial charge in [-0.15, -0.1) is 0 Å². The normalized spacial score (nSPS) is 16.1. The first kappa shape index (κ1) is 23.3. The monoisotopic (exact) mass is 464 g/mol. The number of carbonyl (C=O) groups is 1. The molecule has 0 saturated carbocycles. The van der Waals surface area contributed by atoms with Crippen molar-refractivity contribution >= 4 is 46.8 Å². The second-order valence-corrected chi connectivity index (χ2v) is 10.3. The van der Waals surface area contributed by atoms with Gasteiger partial charge < -0.3 is 26.4 Å². The molecule has 1 saturated heterocycles. The molecule has 1 fully saturated rings. The van der Waals surface area contributed by atoms with Crippen LogP contribution in [0.3, 0.4) is 0 Å². The van der Waals surface area contributed by atoms with Crippen LogP contribution < -0.4 is 21.7 Å². The van der Waals surface area contributed by atoms with Crippen LogP contribution in [0.15, 0.2) is 34.3 Å². The van der Waals surface area contributed by atoms with Gasteiger partial charge in [-0.3, -0.25) is 0 Å². The first-order valence-corrected chi connectivity index (χ1v) is 11.3. The number of rotatable bonds is 4. The van der Waals surface area contributed by atoms with Gasteiger partial charge in [-0.25, -0.2) is 14.8 Å². The number of carbonyl (C=O) groups excluding carboxylic acids is 1. The van der Waals surface area contributed by atoms with E-state index in [9.17, 15) is 4.79 Å². The Morgan fingerprint density at radius 2 is 1.97 bits per heavy atom. The molecule has 31 heavy (non-hydrogen) atoms. The first-order valence-electron chi connectivity index (χ1n) is 10.1. The number of aromatic nitrogens is 2. The zero-order valence-corrected chi connectivity index (χ0v) is 19.8. The number of benzene rings is 1. The van der Waals surface area contributed by atoms with Crippen molar-refractivity contribution in [2.75, 3.05) is 29.5 Å². The standard InChI is InChI=1S/C21H29ClN6O2S/c1-20(2,3)30-19(29)27-21(4)8-10-28(11-9-21)15-12-25-18(17(24)26-15)31-14-7-5-6-13(23)16(14)22/h5-7,12H,8-11,23H2,1-4H3,(H2,24,26)(H,27,29). The van der Waals surface area contributed by atoms with E-state index in [2.05, 4.69) is 20.2 Å². The highest BCUT2D eigenvalue weighted by atomic mass is 35.5. The van der Waals surface area contributed by atoms with Gasteiger partial charge in [0, 0.05) is 23.5 Å². The number of hydrogen-bond acceptors (Lipinski definition) is 8. The Kier molecular flexibility index (Phi) is 6.76. The molecule has 0 atom stereocenters. The SMILES string of the molecule is CC1(NC(=O)OC(C)(C)C)CCN(c2cnc(Sc3cccc(N)c3Cl)c(N)n2)CC1. The van der Waals surface area contributed by atoms with Crippen molar-refractivity contribution in [2.24, 2.45) is 0 Å². The summed E-state index contributed by atoms with van der Waals surface area (Å²) in [4.78, 5) is 24.1. The van der Waals surface area contributed by atoms with E-state index in [4.69, 9.17) is 27.8 Å². The summed E-state index contributed by atoms with van der Waals surface area (Å²) in [6.07, 6.45) is 2.82. The van der Waals surface area contributed by atoms with Crippen LogP contribution in [0, 0.1) is 0 Å². The number of amides is 1. The van der Waals surface area contributed by atoms with Crippen molar-refractivity contribution in [3.8, 4) is 0 Å². The molecule has 0 unspecified atom stereocenters. The van der Waals surface area contributed by atoms with Crippen molar-refractivity contribution in [3.05, 3.63) is 29.4 Å². The molecule has 1 aliphatic rings. The van der Waals surface area contributed by atoms with Crippen LogP contribution in [-0.2, 0) is 4.74 Å². The zero-order chi connectivity index (χ0) is 22.8. The number of alkyl carbamates (subject to hydrolysis) is 1. The summed E-state index contributed by atoms with van der Waals surface area (Å²) in [5.41, 5.74) is 11.7. The minimum absolute atomic E-state index is 0.334. The second-order valence-electron chi connectivity index (χ2n) is 8.85. The summed E-state index contributed by atoms with van der Waals surface area (Å²) < 4.78 is 5.39. The molecule has 10 heteroatoms. The Balaban J connectivity index is 1.63. The van der Waals surface area contributed by atoms with Crippen molar-refractivity contribution in [3.63, 3.8) is 0 Å².